The fraction of sp³-hybridized carbons (Fsp3) is 0.444. The van der Waals surface area contributed by atoms with Gasteiger partial charge in [-0.1, -0.05) is 0 Å². The van der Waals surface area contributed by atoms with E-state index < -0.39 is 24.2 Å². The predicted molar refractivity (Wildman–Crippen MR) is 47.3 cm³/mol. The van der Waals surface area contributed by atoms with E-state index in [9.17, 15) is 14.4 Å². The molecule has 0 saturated heterocycles. The Morgan fingerprint density at radius 1 is 1.50 bits per heavy atom. The topological polar surface area (TPSA) is 74.7 Å². The normalized spacial score (nSPS) is 16.5. The maximum Gasteiger partial charge on any atom is 0.308 e. The molecule has 1 N–H and O–H groups in total. The summed E-state index contributed by atoms with van der Waals surface area (Å²) in [7, 11) is 0. The van der Waals surface area contributed by atoms with Gasteiger partial charge in [0.2, 0.25) is 0 Å². The highest BCUT2D eigenvalue weighted by Gasteiger charge is 2.33. The first-order chi connectivity index (χ1) is 6.43. The summed E-state index contributed by atoms with van der Waals surface area (Å²) in [5, 5.41) is 8.48. The number of carbonyl (C=O) groups is 3. The molecule has 0 aromatic carbocycles. The van der Waals surface area contributed by atoms with Gasteiger partial charge in [0.05, 0.1) is 6.42 Å². The molecule has 0 radical (unpaired) electrons. The van der Waals surface area contributed by atoms with Crippen molar-refractivity contribution in [3.8, 4) is 0 Å². The molecule has 5 heteroatoms. The number of carboxylic acid groups (broad SMARTS) is 1. The number of carbonyl (C=O) groups excluding carboxylic acids is 2. The van der Waals surface area contributed by atoms with E-state index in [-0.39, 0.29) is 11.6 Å². The van der Waals surface area contributed by atoms with Gasteiger partial charge in [0.1, 0.15) is 0 Å². The van der Waals surface area contributed by atoms with Gasteiger partial charge in [0.15, 0.2) is 0 Å². The van der Waals surface area contributed by atoms with Crippen LogP contribution in [-0.4, -0.2) is 33.8 Å². The van der Waals surface area contributed by atoms with E-state index in [0.717, 1.165) is 11.0 Å². The van der Waals surface area contributed by atoms with Crippen LogP contribution in [0.1, 0.15) is 20.3 Å². The Morgan fingerprint density at radius 2 is 2.07 bits per heavy atom. The molecule has 14 heavy (non-hydrogen) atoms. The zero-order chi connectivity index (χ0) is 10.9. The van der Waals surface area contributed by atoms with Gasteiger partial charge in [-0.3, -0.25) is 19.3 Å². The van der Waals surface area contributed by atoms with Crippen LogP contribution in [0.15, 0.2) is 11.6 Å². The third-order valence-corrected chi connectivity index (χ3v) is 1.89. The largest absolute Gasteiger partial charge is 0.481 e. The fourth-order valence-corrected chi connectivity index (χ4v) is 1.31. The highest BCUT2D eigenvalue weighted by molar-refractivity contribution is 6.17. The molecule has 0 spiro atoms. The molecular weight excluding hydrogens is 186 g/mol. The minimum Gasteiger partial charge on any atom is -0.481 e. The Morgan fingerprint density at radius 3 is 2.43 bits per heavy atom. The minimum atomic E-state index is -1.11. The van der Waals surface area contributed by atoms with Crippen LogP contribution in [0.3, 0.4) is 0 Å². The second-order valence-corrected chi connectivity index (χ2v) is 3.35. The van der Waals surface area contributed by atoms with Crippen molar-refractivity contribution >= 4 is 17.8 Å². The molecule has 0 atom stereocenters. The van der Waals surface area contributed by atoms with Crippen LogP contribution in [0.4, 0.5) is 0 Å². The molecular formula is C9H11NO4. The molecule has 1 rings (SSSR count). The first-order valence-corrected chi connectivity index (χ1v) is 4.23. The number of carboxylic acids is 1. The fourth-order valence-electron chi connectivity index (χ4n) is 1.31. The number of rotatable bonds is 3. The second kappa shape index (κ2) is 3.61. The van der Waals surface area contributed by atoms with Gasteiger partial charge in [-0.15, -0.1) is 0 Å². The first-order valence-electron chi connectivity index (χ1n) is 4.23. The van der Waals surface area contributed by atoms with Crippen molar-refractivity contribution in [2.45, 2.75) is 26.3 Å². The molecule has 0 saturated carbocycles. The monoisotopic (exact) mass is 197 g/mol. The third kappa shape index (κ3) is 1.81. The van der Waals surface area contributed by atoms with Gasteiger partial charge in [-0.25, -0.2) is 0 Å². The maximum absolute atomic E-state index is 11.5. The Kier molecular flexibility index (Phi) is 2.69. The van der Waals surface area contributed by atoms with Crippen molar-refractivity contribution in [3.63, 3.8) is 0 Å². The summed E-state index contributed by atoms with van der Waals surface area (Å²) >= 11 is 0. The number of hydrogen-bond donors (Lipinski definition) is 1. The summed E-state index contributed by atoms with van der Waals surface area (Å²) < 4.78 is 0. The highest BCUT2D eigenvalue weighted by Crippen LogP contribution is 2.18. The summed E-state index contributed by atoms with van der Waals surface area (Å²) in [6.45, 7) is 3.40. The first kappa shape index (κ1) is 10.4. The Hall–Kier alpha value is -1.65. The lowest BCUT2D eigenvalue weighted by Gasteiger charge is -2.18. The lowest BCUT2D eigenvalue weighted by Crippen LogP contribution is -2.37. The van der Waals surface area contributed by atoms with E-state index in [1.165, 1.54) is 0 Å². The van der Waals surface area contributed by atoms with Gasteiger partial charge in [0.25, 0.3) is 11.8 Å². The quantitative estimate of drug-likeness (QED) is 0.654. The van der Waals surface area contributed by atoms with Crippen LogP contribution < -0.4 is 0 Å². The van der Waals surface area contributed by atoms with Crippen LogP contribution in [-0.2, 0) is 14.4 Å². The predicted octanol–water partition coefficient (Wildman–Crippen LogP) is 0.165. The second-order valence-electron chi connectivity index (χ2n) is 3.35. The van der Waals surface area contributed by atoms with E-state index in [0.29, 0.717) is 0 Å². The van der Waals surface area contributed by atoms with Gasteiger partial charge < -0.3 is 5.11 Å². The van der Waals surface area contributed by atoms with E-state index in [2.05, 4.69) is 0 Å². The van der Waals surface area contributed by atoms with Crippen molar-refractivity contribution in [2.24, 2.45) is 0 Å². The van der Waals surface area contributed by atoms with Gasteiger partial charge in [-0.2, -0.15) is 0 Å². The molecule has 1 aliphatic rings. The molecule has 76 valence electrons. The van der Waals surface area contributed by atoms with Gasteiger partial charge in [0, 0.05) is 17.7 Å². The van der Waals surface area contributed by atoms with Crippen LogP contribution in [0, 0.1) is 0 Å². The standard InChI is InChI=1S/C9H11NO4/c1-5(2)10-7(11)3-6(9(10)14)4-8(12)13/h3,5H,4H2,1-2H3,(H,12,13). The number of amides is 2. The summed E-state index contributed by atoms with van der Waals surface area (Å²) in [5.74, 6) is -2.03. The van der Waals surface area contributed by atoms with Crippen LogP contribution >= 0.6 is 0 Å². The van der Waals surface area contributed by atoms with Crippen molar-refractivity contribution in [1.82, 2.24) is 4.90 Å². The van der Waals surface area contributed by atoms with Crippen LogP contribution in [0.25, 0.3) is 0 Å². The van der Waals surface area contributed by atoms with E-state index in [4.69, 9.17) is 5.11 Å². The molecule has 1 aliphatic heterocycles. The van der Waals surface area contributed by atoms with Gasteiger partial charge >= 0.3 is 5.97 Å². The van der Waals surface area contributed by atoms with Crippen molar-refractivity contribution in [1.29, 1.82) is 0 Å². The summed E-state index contributed by atoms with van der Waals surface area (Å²) in [6.07, 6.45) is 0.699. The molecule has 0 bridgehead atoms. The van der Waals surface area contributed by atoms with E-state index >= 15 is 0 Å². The minimum absolute atomic E-state index is 0.0520. The maximum atomic E-state index is 11.5. The average molecular weight is 197 g/mol. The molecule has 0 unspecified atom stereocenters. The SMILES string of the molecule is CC(C)N1C(=O)C=C(CC(=O)O)C1=O. The Bertz CT molecular complexity index is 330. The lowest BCUT2D eigenvalue weighted by atomic mass is 10.2. The Labute approximate surface area is 81.0 Å². The van der Waals surface area contributed by atoms with Crippen LogP contribution in [0.2, 0.25) is 0 Å². The number of imide groups is 1. The number of nitrogens with zero attached hydrogens (tertiary/aromatic N) is 1. The van der Waals surface area contributed by atoms with Crippen molar-refractivity contribution in [3.05, 3.63) is 11.6 Å². The van der Waals surface area contributed by atoms with E-state index in [1.807, 2.05) is 0 Å². The average Bonchev–Trinajstić information content (AvgIpc) is 2.25. The lowest BCUT2D eigenvalue weighted by molar-refractivity contribution is -0.141. The molecule has 0 aromatic heterocycles. The number of hydrogen-bond acceptors (Lipinski definition) is 3. The molecule has 0 aromatic rings. The highest BCUT2D eigenvalue weighted by atomic mass is 16.4. The van der Waals surface area contributed by atoms with Crippen molar-refractivity contribution < 1.29 is 19.5 Å². The number of aliphatic carboxylic acids is 1. The molecule has 0 fully saturated rings. The Balaban J connectivity index is 2.84. The zero-order valence-electron chi connectivity index (χ0n) is 7.98. The zero-order valence-corrected chi connectivity index (χ0v) is 7.98. The molecule has 5 nitrogen and oxygen atoms in total. The van der Waals surface area contributed by atoms with Crippen molar-refractivity contribution in [2.75, 3.05) is 0 Å². The summed E-state index contributed by atoms with van der Waals surface area (Å²) in [4.78, 5) is 34.1. The smallest absolute Gasteiger partial charge is 0.308 e. The van der Waals surface area contributed by atoms with Crippen LogP contribution in [0.5, 0.6) is 0 Å². The summed E-state index contributed by atoms with van der Waals surface area (Å²) in [6, 6.07) is -0.238. The molecule has 2 amide bonds. The summed E-state index contributed by atoms with van der Waals surface area (Å²) in [5.41, 5.74) is 0.0520. The third-order valence-electron chi connectivity index (χ3n) is 1.89. The van der Waals surface area contributed by atoms with E-state index in [1.54, 1.807) is 13.8 Å². The molecule has 1 heterocycles. The molecule has 0 aliphatic carbocycles. The van der Waals surface area contributed by atoms with Gasteiger partial charge in [-0.05, 0) is 13.8 Å².